The highest BCUT2D eigenvalue weighted by Crippen LogP contribution is 2.22. The number of hydrogen-bond donors (Lipinski definition) is 2. The minimum Gasteiger partial charge on any atom is -0.396 e. The van der Waals surface area contributed by atoms with Crippen molar-refractivity contribution in [2.24, 2.45) is 5.92 Å². The molecule has 0 aromatic carbocycles. The summed E-state index contributed by atoms with van der Waals surface area (Å²) < 4.78 is 0. The van der Waals surface area contributed by atoms with E-state index in [1.54, 1.807) is 11.0 Å². The molecule has 2 N–H and O–H groups in total. The lowest BCUT2D eigenvalue weighted by Crippen LogP contribution is -2.46. The zero-order valence-corrected chi connectivity index (χ0v) is 12.4. The van der Waals surface area contributed by atoms with Gasteiger partial charge >= 0.3 is 0 Å². The maximum Gasteiger partial charge on any atom is 0.264 e. The molecule has 2 atom stereocenters. The Morgan fingerprint density at radius 1 is 1.60 bits per heavy atom. The predicted octanol–water partition coefficient (Wildman–Crippen LogP) is 1.10. The maximum absolute atomic E-state index is 12.3. The summed E-state index contributed by atoms with van der Waals surface area (Å²) in [4.78, 5) is 26.8. The fourth-order valence-corrected chi connectivity index (χ4v) is 2.96. The van der Waals surface area contributed by atoms with Crippen molar-refractivity contribution in [3.05, 3.63) is 22.4 Å². The van der Waals surface area contributed by atoms with Gasteiger partial charge in [-0.1, -0.05) is 13.0 Å². The number of rotatable bonds is 5. The molecule has 0 saturated carbocycles. The molecule has 0 bridgehead atoms. The van der Waals surface area contributed by atoms with Gasteiger partial charge in [0, 0.05) is 19.7 Å². The fourth-order valence-electron chi connectivity index (χ4n) is 2.28. The van der Waals surface area contributed by atoms with E-state index in [0.717, 1.165) is 6.42 Å². The second-order valence-corrected chi connectivity index (χ2v) is 6.11. The molecular formula is C14H20N2O3S. The molecule has 2 amide bonds. The van der Waals surface area contributed by atoms with Gasteiger partial charge in [-0.3, -0.25) is 9.59 Å². The molecule has 1 aromatic heterocycles. The number of nitrogens with one attached hydrogen (secondary N) is 1. The summed E-state index contributed by atoms with van der Waals surface area (Å²) >= 11 is 1.40. The topological polar surface area (TPSA) is 69.6 Å². The van der Waals surface area contributed by atoms with Gasteiger partial charge in [-0.05, 0) is 30.2 Å². The largest absolute Gasteiger partial charge is 0.396 e. The molecule has 2 heterocycles. The van der Waals surface area contributed by atoms with Crippen molar-refractivity contribution in [2.75, 3.05) is 19.7 Å². The second kappa shape index (κ2) is 6.85. The van der Waals surface area contributed by atoms with Gasteiger partial charge in [0.25, 0.3) is 5.91 Å². The number of thiophene rings is 1. The van der Waals surface area contributed by atoms with Crippen LogP contribution < -0.4 is 5.32 Å². The molecule has 1 fully saturated rings. The van der Waals surface area contributed by atoms with Gasteiger partial charge in [0.2, 0.25) is 5.91 Å². The summed E-state index contributed by atoms with van der Waals surface area (Å²) in [7, 11) is 0. The normalized spacial score (nSPS) is 19.9. The quantitative estimate of drug-likeness (QED) is 0.855. The highest BCUT2D eigenvalue weighted by molar-refractivity contribution is 7.12. The molecule has 1 aromatic rings. The maximum atomic E-state index is 12.3. The van der Waals surface area contributed by atoms with E-state index in [-0.39, 0.29) is 30.4 Å². The van der Waals surface area contributed by atoms with E-state index in [2.05, 4.69) is 5.32 Å². The lowest BCUT2D eigenvalue weighted by atomic mass is 10.1. The molecule has 20 heavy (non-hydrogen) atoms. The van der Waals surface area contributed by atoms with Crippen LogP contribution in [-0.2, 0) is 4.79 Å². The number of amides is 2. The van der Waals surface area contributed by atoms with E-state index in [1.807, 2.05) is 18.4 Å². The molecular weight excluding hydrogens is 276 g/mol. The molecule has 1 saturated heterocycles. The van der Waals surface area contributed by atoms with Crippen molar-refractivity contribution in [3.63, 3.8) is 0 Å². The summed E-state index contributed by atoms with van der Waals surface area (Å²) in [6, 6.07) is 3.25. The standard InChI is InChI=1S/C14H20N2O3S/c1-10(9-17)8-15-13(18)11-4-2-6-16(11)14(19)12-5-3-7-20-12/h3,5,7,10-11,17H,2,4,6,8-9H2,1H3,(H,15,18)/t10?,11-/m0/s1. The van der Waals surface area contributed by atoms with Crippen molar-refractivity contribution in [1.29, 1.82) is 0 Å². The summed E-state index contributed by atoms with van der Waals surface area (Å²) in [6.07, 6.45) is 1.56. The molecule has 0 spiro atoms. The van der Waals surface area contributed by atoms with Crippen molar-refractivity contribution in [2.45, 2.75) is 25.8 Å². The number of aliphatic hydroxyl groups excluding tert-OH is 1. The molecule has 6 heteroatoms. The Morgan fingerprint density at radius 2 is 2.40 bits per heavy atom. The predicted molar refractivity (Wildman–Crippen MR) is 77.6 cm³/mol. The molecule has 1 aliphatic rings. The first-order valence-electron chi connectivity index (χ1n) is 6.86. The Morgan fingerprint density at radius 3 is 3.05 bits per heavy atom. The van der Waals surface area contributed by atoms with Crippen molar-refractivity contribution < 1.29 is 14.7 Å². The number of hydrogen-bond acceptors (Lipinski definition) is 4. The number of carbonyl (C=O) groups excluding carboxylic acids is 2. The lowest BCUT2D eigenvalue weighted by molar-refractivity contribution is -0.125. The summed E-state index contributed by atoms with van der Waals surface area (Å²) in [5.74, 6) is -0.151. The molecule has 0 aliphatic carbocycles. The first-order valence-corrected chi connectivity index (χ1v) is 7.74. The van der Waals surface area contributed by atoms with Crippen molar-refractivity contribution in [1.82, 2.24) is 10.2 Å². The zero-order chi connectivity index (χ0) is 14.5. The average Bonchev–Trinajstić information content (AvgIpc) is 3.13. The first kappa shape index (κ1) is 15.0. The molecule has 110 valence electrons. The van der Waals surface area contributed by atoms with E-state index in [1.165, 1.54) is 11.3 Å². The van der Waals surface area contributed by atoms with Crippen LogP contribution in [0.15, 0.2) is 17.5 Å². The van der Waals surface area contributed by atoms with Gasteiger partial charge in [0.05, 0.1) is 4.88 Å². The smallest absolute Gasteiger partial charge is 0.264 e. The zero-order valence-electron chi connectivity index (χ0n) is 11.5. The highest BCUT2D eigenvalue weighted by Gasteiger charge is 2.34. The Balaban J connectivity index is 1.96. The van der Waals surface area contributed by atoms with Gasteiger partial charge in [-0.2, -0.15) is 0 Å². The monoisotopic (exact) mass is 296 g/mol. The number of nitrogens with zero attached hydrogens (tertiary/aromatic N) is 1. The minimum atomic E-state index is -0.379. The molecule has 1 unspecified atom stereocenters. The summed E-state index contributed by atoms with van der Waals surface area (Å²) in [5.41, 5.74) is 0. The Hall–Kier alpha value is -1.40. The van der Waals surface area contributed by atoms with E-state index < -0.39 is 0 Å². The molecule has 2 rings (SSSR count). The second-order valence-electron chi connectivity index (χ2n) is 5.17. The third-order valence-corrected chi connectivity index (χ3v) is 4.34. The van der Waals surface area contributed by atoms with Crippen molar-refractivity contribution >= 4 is 23.2 Å². The van der Waals surface area contributed by atoms with Crippen LogP contribution in [-0.4, -0.2) is 47.6 Å². The van der Waals surface area contributed by atoms with E-state index >= 15 is 0 Å². The van der Waals surface area contributed by atoms with E-state index in [0.29, 0.717) is 24.4 Å². The third-order valence-electron chi connectivity index (χ3n) is 3.48. The van der Waals surface area contributed by atoms with Crippen LogP contribution in [0.1, 0.15) is 29.4 Å². The highest BCUT2D eigenvalue weighted by atomic mass is 32.1. The van der Waals surface area contributed by atoms with Gasteiger partial charge in [0.15, 0.2) is 0 Å². The van der Waals surface area contributed by atoms with Crippen molar-refractivity contribution in [3.8, 4) is 0 Å². The lowest BCUT2D eigenvalue weighted by Gasteiger charge is -2.24. The van der Waals surface area contributed by atoms with Crippen LogP contribution >= 0.6 is 11.3 Å². The number of likely N-dealkylation sites (tertiary alicyclic amines) is 1. The van der Waals surface area contributed by atoms with Gasteiger partial charge in [-0.15, -0.1) is 11.3 Å². The van der Waals surface area contributed by atoms with Gasteiger partial charge < -0.3 is 15.3 Å². The fraction of sp³-hybridized carbons (Fsp3) is 0.571. The number of carbonyl (C=O) groups is 2. The Kier molecular flexibility index (Phi) is 5.14. The number of aliphatic hydroxyl groups is 1. The van der Waals surface area contributed by atoms with E-state index in [9.17, 15) is 9.59 Å². The Bertz CT molecular complexity index is 461. The van der Waals surface area contributed by atoms with Crippen LogP contribution in [0, 0.1) is 5.92 Å². The molecule has 5 nitrogen and oxygen atoms in total. The molecule has 0 radical (unpaired) electrons. The summed E-state index contributed by atoms with van der Waals surface area (Å²) in [6.45, 7) is 2.98. The molecule has 1 aliphatic heterocycles. The minimum absolute atomic E-state index is 0.0294. The summed E-state index contributed by atoms with van der Waals surface area (Å²) in [5, 5.41) is 13.6. The van der Waals surface area contributed by atoms with Crippen LogP contribution in [0.2, 0.25) is 0 Å². The Labute approximate surface area is 122 Å². The first-order chi connectivity index (χ1) is 9.63. The third kappa shape index (κ3) is 3.37. The van der Waals surface area contributed by atoms with Gasteiger partial charge in [-0.25, -0.2) is 0 Å². The van der Waals surface area contributed by atoms with E-state index in [4.69, 9.17) is 5.11 Å². The van der Waals surface area contributed by atoms with Gasteiger partial charge in [0.1, 0.15) is 6.04 Å². The van der Waals surface area contributed by atoms with Crippen LogP contribution in [0.3, 0.4) is 0 Å². The van der Waals surface area contributed by atoms with Crippen LogP contribution in [0.25, 0.3) is 0 Å². The SMILES string of the molecule is CC(CO)CNC(=O)[C@@H]1CCCN1C(=O)c1cccs1. The van der Waals surface area contributed by atoms with Crippen LogP contribution in [0.4, 0.5) is 0 Å². The van der Waals surface area contributed by atoms with Crippen LogP contribution in [0.5, 0.6) is 0 Å². The average molecular weight is 296 g/mol.